The van der Waals surface area contributed by atoms with Crippen molar-refractivity contribution in [2.24, 2.45) is 0 Å². The van der Waals surface area contributed by atoms with E-state index in [1.54, 1.807) is 4.90 Å². The Morgan fingerprint density at radius 1 is 1.33 bits per heavy atom. The van der Waals surface area contributed by atoms with E-state index in [-0.39, 0.29) is 24.0 Å². The van der Waals surface area contributed by atoms with Gasteiger partial charge in [-0.2, -0.15) is 0 Å². The molecular formula is C11H17NO3. The van der Waals surface area contributed by atoms with E-state index in [4.69, 9.17) is 4.74 Å². The Bertz CT molecular complexity index is 271. The van der Waals surface area contributed by atoms with Crippen LogP contribution in [0, 0.1) is 0 Å². The molecule has 0 aromatic rings. The molecule has 1 unspecified atom stereocenters. The van der Waals surface area contributed by atoms with Crippen LogP contribution in [0.4, 0.5) is 0 Å². The highest BCUT2D eigenvalue weighted by molar-refractivity contribution is 5.88. The Morgan fingerprint density at radius 2 is 2.00 bits per heavy atom. The van der Waals surface area contributed by atoms with E-state index < -0.39 is 0 Å². The first-order valence-electron chi connectivity index (χ1n) is 5.63. The second-order valence-electron chi connectivity index (χ2n) is 4.32. The second-order valence-corrected chi connectivity index (χ2v) is 4.32. The van der Waals surface area contributed by atoms with Crippen LogP contribution < -0.4 is 0 Å². The van der Waals surface area contributed by atoms with Crippen molar-refractivity contribution >= 4 is 11.9 Å². The Balaban J connectivity index is 2.10. The van der Waals surface area contributed by atoms with Gasteiger partial charge in [-0.05, 0) is 19.3 Å². The SMILES string of the molecule is COC(=O)C1CCC(=O)N1C1CCCC1. The van der Waals surface area contributed by atoms with E-state index in [1.807, 2.05) is 0 Å². The molecule has 4 nitrogen and oxygen atoms in total. The Kier molecular flexibility index (Phi) is 2.93. The third-order valence-electron chi connectivity index (χ3n) is 3.45. The third kappa shape index (κ3) is 1.85. The van der Waals surface area contributed by atoms with Crippen LogP contribution in [0.25, 0.3) is 0 Å². The van der Waals surface area contributed by atoms with E-state index >= 15 is 0 Å². The van der Waals surface area contributed by atoms with Crippen molar-refractivity contribution in [3.05, 3.63) is 0 Å². The number of carbonyl (C=O) groups is 2. The maximum Gasteiger partial charge on any atom is 0.328 e. The Hall–Kier alpha value is -1.06. The first kappa shape index (κ1) is 10.5. The average Bonchev–Trinajstić information content (AvgIpc) is 2.85. The van der Waals surface area contributed by atoms with Gasteiger partial charge in [-0.1, -0.05) is 12.8 Å². The number of methoxy groups -OCH3 is 1. The highest BCUT2D eigenvalue weighted by Gasteiger charge is 2.41. The van der Waals surface area contributed by atoms with Crippen molar-refractivity contribution in [3.63, 3.8) is 0 Å². The maximum absolute atomic E-state index is 11.7. The van der Waals surface area contributed by atoms with E-state index in [2.05, 4.69) is 0 Å². The van der Waals surface area contributed by atoms with E-state index in [0.29, 0.717) is 12.8 Å². The van der Waals surface area contributed by atoms with Crippen LogP contribution >= 0.6 is 0 Å². The summed E-state index contributed by atoms with van der Waals surface area (Å²) in [5.74, 6) is -0.134. The number of carbonyl (C=O) groups excluding carboxylic acids is 2. The van der Waals surface area contributed by atoms with E-state index in [9.17, 15) is 9.59 Å². The lowest BCUT2D eigenvalue weighted by Crippen LogP contribution is -2.44. The van der Waals surface area contributed by atoms with E-state index in [1.165, 1.54) is 20.0 Å². The first-order valence-corrected chi connectivity index (χ1v) is 5.63. The normalized spacial score (nSPS) is 27.4. The van der Waals surface area contributed by atoms with Gasteiger partial charge in [0.2, 0.25) is 5.91 Å². The third-order valence-corrected chi connectivity index (χ3v) is 3.45. The predicted octanol–water partition coefficient (Wildman–Crippen LogP) is 1.09. The molecule has 0 N–H and O–H groups in total. The molecule has 0 aromatic carbocycles. The summed E-state index contributed by atoms with van der Waals surface area (Å²) in [6.07, 6.45) is 5.54. The average molecular weight is 211 g/mol. The molecule has 2 aliphatic rings. The van der Waals surface area contributed by atoms with Crippen molar-refractivity contribution in [1.82, 2.24) is 4.90 Å². The summed E-state index contributed by atoms with van der Waals surface area (Å²) >= 11 is 0. The van der Waals surface area contributed by atoms with Crippen molar-refractivity contribution in [1.29, 1.82) is 0 Å². The zero-order valence-corrected chi connectivity index (χ0v) is 9.07. The minimum absolute atomic E-state index is 0.123. The molecule has 1 saturated carbocycles. The van der Waals surface area contributed by atoms with Crippen molar-refractivity contribution in [2.75, 3.05) is 7.11 Å². The number of ether oxygens (including phenoxy) is 1. The molecule has 0 bridgehead atoms. The van der Waals surface area contributed by atoms with Gasteiger partial charge in [0.25, 0.3) is 0 Å². The molecule has 1 heterocycles. The Morgan fingerprint density at radius 3 is 2.60 bits per heavy atom. The fourth-order valence-electron chi connectivity index (χ4n) is 2.71. The molecular weight excluding hydrogens is 194 g/mol. The fraction of sp³-hybridized carbons (Fsp3) is 0.818. The lowest BCUT2D eigenvalue weighted by molar-refractivity contribution is -0.150. The van der Waals surface area contributed by atoms with Crippen LogP contribution in [0.3, 0.4) is 0 Å². The highest BCUT2D eigenvalue weighted by Crippen LogP contribution is 2.31. The zero-order chi connectivity index (χ0) is 10.8. The van der Waals surface area contributed by atoms with Crippen LogP contribution in [-0.4, -0.2) is 36.0 Å². The molecule has 1 aliphatic heterocycles. The van der Waals surface area contributed by atoms with Crippen molar-refractivity contribution in [3.8, 4) is 0 Å². The van der Waals surface area contributed by atoms with Crippen LogP contribution in [0.15, 0.2) is 0 Å². The highest BCUT2D eigenvalue weighted by atomic mass is 16.5. The molecule has 15 heavy (non-hydrogen) atoms. The van der Waals surface area contributed by atoms with Crippen LogP contribution in [-0.2, 0) is 14.3 Å². The lowest BCUT2D eigenvalue weighted by atomic mass is 10.1. The second kappa shape index (κ2) is 4.21. The minimum Gasteiger partial charge on any atom is -0.467 e. The summed E-state index contributed by atoms with van der Waals surface area (Å²) in [6, 6.07) is -0.0327. The van der Waals surface area contributed by atoms with Gasteiger partial charge >= 0.3 is 5.97 Å². The van der Waals surface area contributed by atoms with Crippen LogP contribution in [0.2, 0.25) is 0 Å². The van der Waals surface area contributed by atoms with Crippen LogP contribution in [0.1, 0.15) is 38.5 Å². The summed E-state index contributed by atoms with van der Waals surface area (Å²) in [5, 5.41) is 0. The largest absolute Gasteiger partial charge is 0.467 e. The standard InChI is InChI=1S/C11H17NO3/c1-15-11(14)9-6-7-10(13)12(9)8-4-2-3-5-8/h8-9H,2-7H2,1H3. The monoisotopic (exact) mass is 211 g/mol. The number of hydrogen-bond acceptors (Lipinski definition) is 3. The maximum atomic E-state index is 11.7. The summed E-state index contributed by atoms with van der Waals surface area (Å²) in [5.41, 5.74) is 0. The smallest absolute Gasteiger partial charge is 0.328 e. The summed E-state index contributed by atoms with van der Waals surface area (Å²) in [4.78, 5) is 25.0. The van der Waals surface area contributed by atoms with Gasteiger partial charge in [-0.3, -0.25) is 4.79 Å². The number of likely N-dealkylation sites (tertiary alicyclic amines) is 1. The van der Waals surface area contributed by atoms with Crippen molar-refractivity contribution < 1.29 is 14.3 Å². The predicted molar refractivity (Wildman–Crippen MR) is 54.1 cm³/mol. The molecule has 0 spiro atoms. The minimum atomic E-state index is -0.314. The molecule has 1 atom stereocenters. The number of amides is 1. The van der Waals surface area contributed by atoms with Gasteiger partial charge in [-0.25, -0.2) is 4.79 Å². The van der Waals surface area contributed by atoms with Gasteiger partial charge in [0.05, 0.1) is 7.11 Å². The van der Waals surface area contributed by atoms with Gasteiger partial charge in [0, 0.05) is 12.5 Å². The summed E-state index contributed by atoms with van der Waals surface area (Å²) in [7, 11) is 1.39. The summed E-state index contributed by atoms with van der Waals surface area (Å²) < 4.78 is 4.74. The first-order chi connectivity index (χ1) is 7.24. The molecule has 0 aromatic heterocycles. The van der Waals surface area contributed by atoms with Gasteiger partial charge in [0.15, 0.2) is 0 Å². The number of nitrogens with zero attached hydrogens (tertiary/aromatic N) is 1. The van der Waals surface area contributed by atoms with Gasteiger partial charge in [0.1, 0.15) is 6.04 Å². The lowest BCUT2D eigenvalue weighted by Gasteiger charge is -2.28. The molecule has 4 heteroatoms. The van der Waals surface area contributed by atoms with Crippen molar-refractivity contribution in [2.45, 2.75) is 50.6 Å². The topological polar surface area (TPSA) is 46.6 Å². The fourth-order valence-corrected chi connectivity index (χ4v) is 2.71. The van der Waals surface area contributed by atoms with Crippen LogP contribution in [0.5, 0.6) is 0 Å². The van der Waals surface area contributed by atoms with Gasteiger partial charge < -0.3 is 9.64 Å². The molecule has 1 saturated heterocycles. The van der Waals surface area contributed by atoms with Gasteiger partial charge in [-0.15, -0.1) is 0 Å². The zero-order valence-electron chi connectivity index (χ0n) is 9.07. The molecule has 1 amide bonds. The number of hydrogen-bond donors (Lipinski definition) is 0. The number of esters is 1. The molecule has 2 rings (SSSR count). The number of rotatable bonds is 2. The molecule has 1 aliphatic carbocycles. The Labute approximate surface area is 89.6 Å². The summed E-state index contributed by atoms with van der Waals surface area (Å²) in [6.45, 7) is 0. The van der Waals surface area contributed by atoms with E-state index in [0.717, 1.165) is 12.8 Å². The molecule has 0 radical (unpaired) electrons. The quantitative estimate of drug-likeness (QED) is 0.642. The molecule has 2 fully saturated rings. The molecule has 84 valence electrons.